The summed E-state index contributed by atoms with van der Waals surface area (Å²) in [4.78, 5) is 12.0. The monoisotopic (exact) mass is 286 g/mol. The molecule has 0 radical (unpaired) electrons. The van der Waals surface area contributed by atoms with E-state index in [1.807, 2.05) is 6.92 Å². The second kappa shape index (κ2) is 6.18. The maximum Gasteiger partial charge on any atom is 0.237 e. The Morgan fingerprint density at radius 2 is 1.86 bits per heavy atom. The molecule has 114 valence electrons. The summed E-state index contributed by atoms with van der Waals surface area (Å²) in [7, 11) is 0. The van der Waals surface area contributed by atoms with Crippen LogP contribution in [0.2, 0.25) is 0 Å². The molecule has 1 saturated carbocycles. The van der Waals surface area contributed by atoms with Crippen LogP contribution in [0, 0.1) is 0 Å². The van der Waals surface area contributed by atoms with E-state index in [1.165, 1.54) is 42.4 Å². The summed E-state index contributed by atoms with van der Waals surface area (Å²) in [5.41, 5.74) is 4.31. The Labute approximate surface area is 127 Å². The molecule has 21 heavy (non-hydrogen) atoms. The van der Waals surface area contributed by atoms with E-state index in [1.54, 1.807) is 0 Å². The molecule has 3 heteroatoms. The predicted octanol–water partition coefficient (Wildman–Crippen LogP) is 2.88. The molecule has 1 fully saturated rings. The number of rotatable bonds is 5. The molecule has 3 nitrogen and oxygen atoms in total. The van der Waals surface area contributed by atoms with Crippen molar-refractivity contribution in [2.24, 2.45) is 0 Å². The first-order chi connectivity index (χ1) is 10.1. The van der Waals surface area contributed by atoms with Crippen LogP contribution < -0.4 is 10.6 Å². The van der Waals surface area contributed by atoms with Gasteiger partial charge in [0.2, 0.25) is 5.91 Å². The number of aryl methyl sites for hydroxylation is 2. The molecule has 2 aliphatic carbocycles. The van der Waals surface area contributed by atoms with Crippen molar-refractivity contribution in [3.63, 3.8) is 0 Å². The highest BCUT2D eigenvalue weighted by Gasteiger charge is 2.26. The molecule has 0 saturated heterocycles. The maximum absolute atomic E-state index is 12.0. The number of hydrogen-bond donors (Lipinski definition) is 2. The Hall–Kier alpha value is -1.35. The molecule has 2 aliphatic rings. The van der Waals surface area contributed by atoms with Crippen molar-refractivity contribution in [2.75, 3.05) is 0 Å². The van der Waals surface area contributed by atoms with Gasteiger partial charge in [0.15, 0.2) is 0 Å². The summed E-state index contributed by atoms with van der Waals surface area (Å²) < 4.78 is 0. The van der Waals surface area contributed by atoms with Crippen molar-refractivity contribution < 1.29 is 4.79 Å². The van der Waals surface area contributed by atoms with Gasteiger partial charge in [-0.25, -0.2) is 0 Å². The summed E-state index contributed by atoms with van der Waals surface area (Å²) in [6, 6.07) is 7.32. The first kappa shape index (κ1) is 14.6. The third-order valence-corrected chi connectivity index (χ3v) is 4.69. The van der Waals surface area contributed by atoms with Crippen molar-refractivity contribution in [3.05, 3.63) is 34.9 Å². The van der Waals surface area contributed by atoms with E-state index >= 15 is 0 Å². The van der Waals surface area contributed by atoms with Crippen LogP contribution in [0.1, 0.15) is 62.3 Å². The molecule has 1 aromatic carbocycles. The number of benzene rings is 1. The molecular formula is C18H26N2O. The zero-order valence-corrected chi connectivity index (χ0v) is 13.1. The quantitative estimate of drug-likeness (QED) is 0.874. The van der Waals surface area contributed by atoms with Gasteiger partial charge in [-0.1, -0.05) is 18.2 Å². The fourth-order valence-electron chi connectivity index (χ4n) is 3.12. The van der Waals surface area contributed by atoms with E-state index in [9.17, 15) is 4.79 Å². The molecule has 0 bridgehead atoms. The lowest BCUT2D eigenvalue weighted by Gasteiger charge is -2.22. The number of nitrogens with one attached hydrogen (secondary N) is 2. The standard InChI is InChI=1S/C18H26N2O/c1-12(19-13(2)18(21)20-17-9-10-17)15-8-7-14-5-3-4-6-16(14)11-15/h7-8,11-13,17,19H,3-6,9-10H2,1-2H3,(H,20,21)/t12-,13+/m1/s1. The van der Waals surface area contributed by atoms with Crippen LogP contribution in [-0.2, 0) is 17.6 Å². The first-order valence-corrected chi connectivity index (χ1v) is 8.31. The van der Waals surface area contributed by atoms with E-state index < -0.39 is 0 Å². The van der Waals surface area contributed by atoms with E-state index in [2.05, 4.69) is 35.8 Å². The average molecular weight is 286 g/mol. The summed E-state index contributed by atoms with van der Waals surface area (Å²) in [6.07, 6.45) is 7.32. The minimum atomic E-state index is -0.142. The first-order valence-electron chi connectivity index (χ1n) is 8.31. The lowest BCUT2D eigenvalue weighted by atomic mass is 9.89. The Kier molecular flexibility index (Phi) is 4.29. The van der Waals surface area contributed by atoms with Crippen molar-refractivity contribution in [1.29, 1.82) is 0 Å². The molecule has 0 heterocycles. The second-order valence-corrected chi connectivity index (χ2v) is 6.63. The van der Waals surface area contributed by atoms with Crippen molar-refractivity contribution in [1.82, 2.24) is 10.6 Å². The highest BCUT2D eigenvalue weighted by molar-refractivity contribution is 5.81. The third kappa shape index (κ3) is 3.65. The van der Waals surface area contributed by atoms with Crippen molar-refractivity contribution in [3.8, 4) is 0 Å². The Morgan fingerprint density at radius 1 is 1.14 bits per heavy atom. The largest absolute Gasteiger partial charge is 0.352 e. The fourth-order valence-corrected chi connectivity index (χ4v) is 3.12. The Bertz CT molecular complexity index is 522. The zero-order chi connectivity index (χ0) is 14.8. The minimum absolute atomic E-state index is 0.127. The van der Waals surface area contributed by atoms with Crippen LogP contribution in [-0.4, -0.2) is 18.0 Å². The molecule has 0 spiro atoms. The van der Waals surface area contributed by atoms with Crippen LogP contribution in [0.3, 0.4) is 0 Å². The normalized spacial score (nSPS) is 20.5. The Morgan fingerprint density at radius 3 is 2.57 bits per heavy atom. The van der Waals surface area contributed by atoms with Gasteiger partial charge in [-0.3, -0.25) is 10.1 Å². The van der Waals surface area contributed by atoms with Crippen LogP contribution in [0.15, 0.2) is 18.2 Å². The van der Waals surface area contributed by atoms with Gasteiger partial charge >= 0.3 is 0 Å². The second-order valence-electron chi connectivity index (χ2n) is 6.63. The van der Waals surface area contributed by atoms with Gasteiger partial charge in [0, 0.05) is 12.1 Å². The summed E-state index contributed by atoms with van der Waals surface area (Å²) in [5.74, 6) is 0.127. The van der Waals surface area contributed by atoms with E-state index in [0.717, 1.165) is 12.8 Å². The highest BCUT2D eigenvalue weighted by Crippen LogP contribution is 2.25. The van der Waals surface area contributed by atoms with Crippen LogP contribution >= 0.6 is 0 Å². The topological polar surface area (TPSA) is 41.1 Å². The summed E-state index contributed by atoms with van der Waals surface area (Å²) in [5, 5.41) is 6.48. The zero-order valence-electron chi connectivity index (χ0n) is 13.1. The lowest BCUT2D eigenvalue weighted by Crippen LogP contribution is -2.43. The van der Waals surface area contributed by atoms with Crippen LogP contribution in [0.25, 0.3) is 0 Å². The van der Waals surface area contributed by atoms with Gasteiger partial charge in [0.1, 0.15) is 0 Å². The van der Waals surface area contributed by atoms with Crippen LogP contribution in [0.4, 0.5) is 0 Å². The van der Waals surface area contributed by atoms with Gasteiger partial charge in [-0.05, 0) is 69.1 Å². The van der Waals surface area contributed by atoms with Gasteiger partial charge in [0.05, 0.1) is 6.04 Å². The molecule has 0 unspecified atom stereocenters. The number of hydrogen-bond acceptors (Lipinski definition) is 2. The highest BCUT2D eigenvalue weighted by atomic mass is 16.2. The number of amides is 1. The molecule has 0 aliphatic heterocycles. The summed E-state index contributed by atoms with van der Waals surface area (Å²) in [6.45, 7) is 4.10. The molecular weight excluding hydrogens is 260 g/mol. The van der Waals surface area contributed by atoms with E-state index in [0.29, 0.717) is 6.04 Å². The number of carbonyl (C=O) groups is 1. The molecule has 1 amide bonds. The molecule has 2 N–H and O–H groups in total. The minimum Gasteiger partial charge on any atom is -0.352 e. The predicted molar refractivity (Wildman–Crippen MR) is 85.3 cm³/mol. The van der Waals surface area contributed by atoms with Gasteiger partial charge in [-0.15, -0.1) is 0 Å². The van der Waals surface area contributed by atoms with Gasteiger partial charge in [0.25, 0.3) is 0 Å². The summed E-state index contributed by atoms with van der Waals surface area (Å²) >= 11 is 0. The third-order valence-electron chi connectivity index (χ3n) is 4.69. The number of fused-ring (bicyclic) bond motifs is 1. The maximum atomic E-state index is 12.0. The van der Waals surface area contributed by atoms with E-state index in [-0.39, 0.29) is 18.0 Å². The Balaban J connectivity index is 1.61. The molecule has 2 atom stereocenters. The molecule has 3 rings (SSSR count). The van der Waals surface area contributed by atoms with Crippen molar-refractivity contribution in [2.45, 2.75) is 70.5 Å². The molecule has 1 aromatic rings. The van der Waals surface area contributed by atoms with Gasteiger partial charge < -0.3 is 5.32 Å². The fraction of sp³-hybridized carbons (Fsp3) is 0.611. The lowest BCUT2D eigenvalue weighted by molar-refractivity contribution is -0.123. The van der Waals surface area contributed by atoms with Crippen LogP contribution in [0.5, 0.6) is 0 Å². The van der Waals surface area contributed by atoms with E-state index in [4.69, 9.17) is 0 Å². The average Bonchev–Trinajstić information content (AvgIpc) is 3.30. The van der Waals surface area contributed by atoms with Gasteiger partial charge in [-0.2, -0.15) is 0 Å². The molecule has 0 aromatic heterocycles. The number of carbonyl (C=O) groups excluding carboxylic acids is 1. The SMILES string of the molecule is C[C@H](N[C@H](C)c1ccc2c(c1)CCCC2)C(=O)NC1CC1. The smallest absolute Gasteiger partial charge is 0.237 e. The van der Waals surface area contributed by atoms with Crippen molar-refractivity contribution >= 4 is 5.91 Å².